The maximum Gasteiger partial charge on any atom is 0.124 e. The molecule has 2 rings (SSSR count). The summed E-state index contributed by atoms with van der Waals surface area (Å²) in [7, 11) is 0. The molecule has 0 saturated heterocycles. The second-order valence-electron chi connectivity index (χ2n) is 3.61. The van der Waals surface area contributed by atoms with Gasteiger partial charge in [-0.2, -0.15) is 0 Å². The summed E-state index contributed by atoms with van der Waals surface area (Å²) < 4.78 is 13.0. The highest BCUT2D eigenvalue weighted by Crippen LogP contribution is 2.15. The van der Waals surface area contributed by atoms with Gasteiger partial charge in [0.15, 0.2) is 0 Å². The fourth-order valence-electron chi connectivity index (χ4n) is 1.65. The van der Waals surface area contributed by atoms with Gasteiger partial charge in [0.05, 0.1) is 0 Å². The molecule has 0 atom stereocenters. The third kappa shape index (κ3) is 2.29. The van der Waals surface area contributed by atoms with Gasteiger partial charge in [0.25, 0.3) is 0 Å². The van der Waals surface area contributed by atoms with E-state index in [0.29, 0.717) is 5.56 Å². The Morgan fingerprint density at radius 1 is 1.06 bits per heavy atom. The first kappa shape index (κ1) is 10.4. The number of benzene rings is 2. The first-order valence-electron chi connectivity index (χ1n) is 5.08. The molecule has 1 heteroatoms. The molecular formula is C15H11F. The zero-order chi connectivity index (χ0) is 11.4. The average Bonchev–Trinajstić information content (AvgIpc) is 2.33. The monoisotopic (exact) mass is 210 g/mol. The fraction of sp³-hybridized carbons (Fsp3) is 0.0667. The molecule has 0 aliphatic rings. The molecule has 0 spiro atoms. The summed E-state index contributed by atoms with van der Waals surface area (Å²) in [6.45, 7) is 0. The minimum atomic E-state index is -0.287. The molecule has 0 aromatic heterocycles. The molecule has 0 unspecified atom stereocenters. The third-order valence-electron chi connectivity index (χ3n) is 2.46. The van der Waals surface area contributed by atoms with Crippen molar-refractivity contribution in [3.05, 3.63) is 71.0 Å². The summed E-state index contributed by atoms with van der Waals surface area (Å²) in [4.78, 5) is 0. The van der Waals surface area contributed by atoms with Crippen LogP contribution in [0.15, 0.2) is 48.5 Å². The van der Waals surface area contributed by atoms with Crippen LogP contribution < -0.4 is 0 Å². The van der Waals surface area contributed by atoms with Gasteiger partial charge < -0.3 is 0 Å². The summed E-state index contributed by atoms with van der Waals surface area (Å²) >= 11 is 0. The molecule has 0 heterocycles. The van der Waals surface area contributed by atoms with Crippen LogP contribution in [0, 0.1) is 18.2 Å². The van der Waals surface area contributed by atoms with Crippen LogP contribution in [0.2, 0.25) is 0 Å². The smallest absolute Gasteiger partial charge is 0.124 e. The van der Waals surface area contributed by atoms with E-state index in [1.54, 1.807) is 6.07 Å². The van der Waals surface area contributed by atoms with E-state index in [0.717, 1.165) is 12.0 Å². The molecule has 78 valence electrons. The number of hydrogen-bond donors (Lipinski definition) is 0. The van der Waals surface area contributed by atoms with Gasteiger partial charge in [0.1, 0.15) is 5.82 Å². The van der Waals surface area contributed by atoms with Gasteiger partial charge in [0.2, 0.25) is 0 Å². The average molecular weight is 210 g/mol. The Labute approximate surface area is 94.7 Å². The zero-order valence-corrected chi connectivity index (χ0v) is 8.78. The topological polar surface area (TPSA) is 0 Å². The molecular weight excluding hydrogens is 199 g/mol. The predicted octanol–water partition coefficient (Wildman–Crippen LogP) is 3.40. The first-order valence-corrected chi connectivity index (χ1v) is 5.08. The molecule has 0 nitrogen and oxygen atoms in total. The van der Waals surface area contributed by atoms with E-state index in [-0.39, 0.29) is 5.82 Å². The second-order valence-corrected chi connectivity index (χ2v) is 3.61. The molecule has 0 aliphatic heterocycles. The molecule has 2 aromatic rings. The molecule has 0 saturated carbocycles. The van der Waals surface area contributed by atoms with Crippen molar-refractivity contribution in [3.63, 3.8) is 0 Å². The normalized spacial score (nSPS) is 9.75. The van der Waals surface area contributed by atoms with Crippen LogP contribution in [0.5, 0.6) is 0 Å². The van der Waals surface area contributed by atoms with Gasteiger partial charge in [-0.25, -0.2) is 4.39 Å². The van der Waals surface area contributed by atoms with Crippen LogP contribution in [0.3, 0.4) is 0 Å². The van der Waals surface area contributed by atoms with E-state index in [1.165, 1.54) is 17.7 Å². The van der Waals surface area contributed by atoms with E-state index in [4.69, 9.17) is 6.42 Å². The largest absolute Gasteiger partial charge is 0.207 e. The highest BCUT2D eigenvalue weighted by molar-refractivity contribution is 5.42. The van der Waals surface area contributed by atoms with Crippen molar-refractivity contribution in [2.75, 3.05) is 0 Å². The predicted molar refractivity (Wildman–Crippen MR) is 63.6 cm³/mol. The van der Waals surface area contributed by atoms with E-state index < -0.39 is 0 Å². The third-order valence-corrected chi connectivity index (χ3v) is 2.46. The lowest BCUT2D eigenvalue weighted by Gasteiger charge is -2.05. The lowest BCUT2D eigenvalue weighted by molar-refractivity contribution is 0.626. The second kappa shape index (κ2) is 4.63. The van der Waals surface area contributed by atoms with Gasteiger partial charge >= 0.3 is 0 Å². The molecule has 16 heavy (non-hydrogen) atoms. The van der Waals surface area contributed by atoms with Crippen LogP contribution >= 0.6 is 0 Å². The molecule has 2 aromatic carbocycles. The maximum atomic E-state index is 13.0. The van der Waals surface area contributed by atoms with Gasteiger partial charge in [-0.1, -0.05) is 42.3 Å². The van der Waals surface area contributed by atoms with Crippen molar-refractivity contribution in [1.29, 1.82) is 0 Å². The first-order chi connectivity index (χ1) is 7.79. The van der Waals surface area contributed by atoms with Crippen LogP contribution in [0.25, 0.3) is 0 Å². The summed E-state index contributed by atoms with van der Waals surface area (Å²) in [5.74, 6) is 2.23. The lowest BCUT2D eigenvalue weighted by atomic mass is 10.00. The quantitative estimate of drug-likeness (QED) is 0.666. The Bertz CT molecular complexity index is 521. The maximum absolute atomic E-state index is 13.0. The molecule has 0 N–H and O–H groups in total. The van der Waals surface area contributed by atoms with Gasteiger partial charge in [-0.05, 0) is 29.7 Å². The zero-order valence-electron chi connectivity index (χ0n) is 8.78. The minimum Gasteiger partial charge on any atom is -0.207 e. The number of terminal acetylenes is 1. The van der Waals surface area contributed by atoms with Crippen molar-refractivity contribution < 1.29 is 4.39 Å². The summed E-state index contributed by atoms with van der Waals surface area (Å²) in [5.41, 5.74) is 2.78. The van der Waals surface area contributed by atoms with E-state index in [1.807, 2.05) is 30.3 Å². The van der Waals surface area contributed by atoms with Crippen LogP contribution in [0.4, 0.5) is 4.39 Å². The summed E-state index contributed by atoms with van der Waals surface area (Å²) in [6.07, 6.45) is 6.09. The van der Waals surface area contributed by atoms with Gasteiger partial charge in [0, 0.05) is 5.56 Å². The van der Waals surface area contributed by atoms with Crippen molar-refractivity contribution >= 4 is 0 Å². The Morgan fingerprint density at radius 2 is 1.81 bits per heavy atom. The van der Waals surface area contributed by atoms with Crippen LogP contribution in [0.1, 0.15) is 16.7 Å². The van der Waals surface area contributed by atoms with Gasteiger partial charge in [-0.15, -0.1) is 6.42 Å². The Morgan fingerprint density at radius 3 is 2.50 bits per heavy atom. The van der Waals surface area contributed by atoms with E-state index >= 15 is 0 Å². The molecule has 0 bridgehead atoms. The van der Waals surface area contributed by atoms with Crippen LogP contribution in [-0.4, -0.2) is 0 Å². The molecule has 0 fully saturated rings. The summed E-state index contributed by atoms with van der Waals surface area (Å²) in [5, 5.41) is 0. The Hall–Kier alpha value is -2.07. The van der Waals surface area contributed by atoms with E-state index in [2.05, 4.69) is 5.92 Å². The molecule has 0 radical (unpaired) electrons. The van der Waals surface area contributed by atoms with E-state index in [9.17, 15) is 4.39 Å². The minimum absolute atomic E-state index is 0.287. The number of rotatable bonds is 2. The molecule has 0 aliphatic carbocycles. The number of hydrogen-bond acceptors (Lipinski definition) is 0. The SMILES string of the molecule is C#Cc1cc(F)ccc1Cc1ccccc1. The molecule has 0 amide bonds. The highest BCUT2D eigenvalue weighted by Gasteiger charge is 2.02. The van der Waals surface area contributed by atoms with Crippen LogP contribution in [-0.2, 0) is 6.42 Å². The Kier molecular flexibility index (Phi) is 3.03. The fourth-order valence-corrected chi connectivity index (χ4v) is 1.65. The van der Waals surface area contributed by atoms with Crippen molar-refractivity contribution in [3.8, 4) is 12.3 Å². The Balaban J connectivity index is 2.32. The highest BCUT2D eigenvalue weighted by atomic mass is 19.1. The lowest BCUT2D eigenvalue weighted by Crippen LogP contribution is -1.93. The van der Waals surface area contributed by atoms with Gasteiger partial charge in [-0.3, -0.25) is 0 Å². The van der Waals surface area contributed by atoms with Crippen molar-refractivity contribution in [2.45, 2.75) is 6.42 Å². The van der Waals surface area contributed by atoms with Crippen molar-refractivity contribution in [2.24, 2.45) is 0 Å². The van der Waals surface area contributed by atoms with Crippen molar-refractivity contribution in [1.82, 2.24) is 0 Å². The standard InChI is InChI=1S/C15H11F/c1-2-13-11-15(16)9-8-14(13)10-12-6-4-3-5-7-12/h1,3-9,11H,10H2. The summed E-state index contributed by atoms with van der Waals surface area (Å²) in [6, 6.07) is 14.6. The number of halogens is 1.